The Labute approximate surface area is 188 Å². The summed E-state index contributed by atoms with van der Waals surface area (Å²) in [5.41, 5.74) is 2.63. The van der Waals surface area contributed by atoms with Crippen LogP contribution in [0, 0.1) is 0 Å². The van der Waals surface area contributed by atoms with Crippen molar-refractivity contribution in [3.8, 4) is 5.75 Å². The Morgan fingerprint density at radius 3 is 2.44 bits per heavy atom. The molecule has 9 heteroatoms. The summed E-state index contributed by atoms with van der Waals surface area (Å²) in [6.07, 6.45) is 0. The molecule has 0 atom stereocenters. The molecule has 2 aromatic rings. The highest BCUT2D eigenvalue weighted by molar-refractivity contribution is 5.92. The number of nitrogens with zero attached hydrogens (tertiary/aromatic N) is 3. The molecule has 0 spiro atoms. The Balaban J connectivity index is 2.02. The summed E-state index contributed by atoms with van der Waals surface area (Å²) in [5, 5.41) is 6.14. The second-order valence-corrected chi connectivity index (χ2v) is 7.54. The molecule has 0 fully saturated rings. The number of alkyl halides is 2. The van der Waals surface area contributed by atoms with Crippen LogP contribution in [0.25, 0.3) is 0 Å². The number of carbonyl (C=O) groups excluding carboxylic acids is 1. The maximum Gasteiger partial charge on any atom is 0.387 e. The highest BCUT2D eigenvalue weighted by Gasteiger charge is 2.09. The monoisotopic (exact) mass is 447 g/mol. The molecule has 0 aliphatic carbocycles. The molecule has 0 aromatic heterocycles. The SMILES string of the molecule is CCNC(=NCc1cccc(NC(=O)CN(C)C)c1)N(C)Cc1ccc(OC(F)F)cc1. The standard InChI is InChI=1S/C23H31F2N5O2/c1-5-26-23(30(4)15-17-9-11-20(12-10-17)32-22(24)25)27-14-18-7-6-8-19(13-18)28-21(31)16-29(2)3/h6-13,22H,5,14-16H2,1-4H3,(H,26,27)(H,28,31). The Morgan fingerprint density at radius 1 is 1.09 bits per heavy atom. The number of nitrogens with one attached hydrogen (secondary N) is 2. The number of aliphatic imine (C=N–C) groups is 1. The van der Waals surface area contributed by atoms with Crippen molar-refractivity contribution in [3.05, 3.63) is 59.7 Å². The minimum atomic E-state index is -2.84. The van der Waals surface area contributed by atoms with E-state index in [2.05, 4.69) is 15.4 Å². The molecule has 0 radical (unpaired) electrons. The first kappa shape index (κ1) is 25.1. The predicted molar refractivity (Wildman–Crippen MR) is 123 cm³/mol. The van der Waals surface area contributed by atoms with Gasteiger partial charge in [-0.25, -0.2) is 4.99 Å². The molecule has 0 saturated carbocycles. The molecule has 0 unspecified atom stereocenters. The van der Waals surface area contributed by atoms with E-state index < -0.39 is 6.61 Å². The van der Waals surface area contributed by atoms with E-state index in [9.17, 15) is 13.6 Å². The van der Waals surface area contributed by atoms with E-state index in [0.717, 1.165) is 16.8 Å². The van der Waals surface area contributed by atoms with E-state index in [-0.39, 0.29) is 11.7 Å². The smallest absolute Gasteiger partial charge is 0.387 e. The van der Waals surface area contributed by atoms with Gasteiger partial charge in [0.25, 0.3) is 0 Å². The Morgan fingerprint density at radius 2 is 1.81 bits per heavy atom. The largest absolute Gasteiger partial charge is 0.435 e. The number of rotatable bonds is 10. The lowest BCUT2D eigenvalue weighted by atomic mass is 10.2. The second-order valence-electron chi connectivity index (χ2n) is 7.54. The summed E-state index contributed by atoms with van der Waals surface area (Å²) < 4.78 is 29.0. The van der Waals surface area contributed by atoms with Gasteiger partial charge in [-0.3, -0.25) is 4.79 Å². The molecule has 0 bridgehead atoms. The average molecular weight is 448 g/mol. The first-order chi connectivity index (χ1) is 15.3. The van der Waals surface area contributed by atoms with Gasteiger partial charge in [0.1, 0.15) is 5.75 Å². The van der Waals surface area contributed by atoms with Gasteiger partial charge in [-0.05, 0) is 56.4 Å². The summed E-state index contributed by atoms with van der Waals surface area (Å²) in [6, 6.07) is 14.1. The zero-order chi connectivity index (χ0) is 23.5. The van der Waals surface area contributed by atoms with Gasteiger partial charge in [0.15, 0.2) is 5.96 Å². The lowest BCUT2D eigenvalue weighted by molar-refractivity contribution is -0.116. The zero-order valence-electron chi connectivity index (χ0n) is 18.9. The third-order valence-corrected chi connectivity index (χ3v) is 4.35. The van der Waals surface area contributed by atoms with Crippen LogP contribution in [0.15, 0.2) is 53.5 Å². The van der Waals surface area contributed by atoms with Crippen LogP contribution in [0.5, 0.6) is 5.75 Å². The van der Waals surface area contributed by atoms with Crippen LogP contribution < -0.4 is 15.4 Å². The average Bonchev–Trinajstić information content (AvgIpc) is 2.71. The van der Waals surface area contributed by atoms with Gasteiger partial charge in [-0.2, -0.15) is 8.78 Å². The number of amides is 1. The van der Waals surface area contributed by atoms with Crippen molar-refractivity contribution >= 4 is 17.6 Å². The van der Waals surface area contributed by atoms with E-state index >= 15 is 0 Å². The topological polar surface area (TPSA) is 69.2 Å². The van der Waals surface area contributed by atoms with Gasteiger partial charge in [0.2, 0.25) is 5.91 Å². The highest BCUT2D eigenvalue weighted by atomic mass is 19.3. The number of likely N-dealkylation sites (N-methyl/N-ethyl adjacent to an activating group) is 1. The van der Waals surface area contributed by atoms with Crippen molar-refractivity contribution in [2.75, 3.05) is 39.5 Å². The molecule has 32 heavy (non-hydrogen) atoms. The number of halogens is 2. The van der Waals surface area contributed by atoms with E-state index in [1.165, 1.54) is 12.1 Å². The first-order valence-electron chi connectivity index (χ1n) is 10.3. The normalized spacial score (nSPS) is 11.6. The zero-order valence-corrected chi connectivity index (χ0v) is 18.9. The van der Waals surface area contributed by atoms with Crippen molar-refractivity contribution in [3.63, 3.8) is 0 Å². The third kappa shape index (κ3) is 8.89. The van der Waals surface area contributed by atoms with Crippen LogP contribution in [0.1, 0.15) is 18.1 Å². The van der Waals surface area contributed by atoms with Crippen LogP contribution >= 0.6 is 0 Å². The molecular weight excluding hydrogens is 416 g/mol. The number of guanidine groups is 1. The van der Waals surface area contributed by atoms with Crippen molar-refractivity contribution in [2.45, 2.75) is 26.6 Å². The molecule has 2 aromatic carbocycles. The summed E-state index contributed by atoms with van der Waals surface area (Å²) in [6.45, 7) is 1.14. The summed E-state index contributed by atoms with van der Waals surface area (Å²) in [4.78, 5) is 20.4. The molecule has 2 rings (SSSR count). The summed E-state index contributed by atoms with van der Waals surface area (Å²) in [5.74, 6) is 0.765. The van der Waals surface area contributed by atoms with E-state index in [4.69, 9.17) is 4.99 Å². The Hall–Kier alpha value is -3.20. The highest BCUT2D eigenvalue weighted by Crippen LogP contribution is 2.16. The van der Waals surface area contributed by atoms with Gasteiger partial charge >= 0.3 is 6.61 Å². The molecule has 1 amide bonds. The van der Waals surface area contributed by atoms with Crippen molar-refractivity contribution < 1.29 is 18.3 Å². The number of anilines is 1. The molecule has 7 nitrogen and oxygen atoms in total. The minimum Gasteiger partial charge on any atom is -0.435 e. The lowest BCUT2D eigenvalue weighted by Gasteiger charge is -2.22. The Bertz CT molecular complexity index is 888. The number of ether oxygens (including phenoxy) is 1. The maximum absolute atomic E-state index is 12.3. The predicted octanol–water partition coefficient (Wildman–Crippen LogP) is 3.39. The molecular formula is C23H31F2N5O2. The van der Waals surface area contributed by atoms with E-state index in [0.29, 0.717) is 32.1 Å². The second kappa shape index (κ2) is 12.6. The van der Waals surface area contributed by atoms with Crippen molar-refractivity contribution in [1.29, 1.82) is 0 Å². The van der Waals surface area contributed by atoms with Gasteiger partial charge in [0.05, 0.1) is 13.1 Å². The van der Waals surface area contributed by atoms with Gasteiger partial charge in [0, 0.05) is 25.8 Å². The Kier molecular flexibility index (Phi) is 9.87. The molecule has 0 aliphatic heterocycles. The fourth-order valence-corrected chi connectivity index (χ4v) is 3.00. The third-order valence-electron chi connectivity index (χ3n) is 4.35. The molecule has 0 saturated heterocycles. The first-order valence-corrected chi connectivity index (χ1v) is 10.3. The van der Waals surface area contributed by atoms with Gasteiger partial charge in [-0.15, -0.1) is 0 Å². The summed E-state index contributed by atoms with van der Waals surface area (Å²) in [7, 11) is 5.59. The van der Waals surface area contributed by atoms with E-state index in [1.807, 2.05) is 57.2 Å². The van der Waals surface area contributed by atoms with Gasteiger partial charge in [-0.1, -0.05) is 24.3 Å². The minimum absolute atomic E-state index is 0.0753. The van der Waals surface area contributed by atoms with Crippen LogP contribution in [0.4, 0.5) is 14.5 Å². The number of hydrogen-bond acceptors (Lipinski definition) is 4. The molecule has 2 N–H and O–H groups in total. The summed E-state index contributed by atoms with van der Waals surface area (Å²) >= 11 is 0. The molecule has 0 heterocycles. The number of carbonyl (C=O) groups is 1. The maximum atomic E-state index is 12.3. The van der Waals surface area contributed by atoms with Crippen LogP contribution in [-0.2, 0) is 17.9 Å². The fraction of sp³-hybridized carbons (Fsp3) is 0.391. The molecule has 174 valence electrons. The fourth-order valence-electron chi connectivity index (χ4n) is 3.00. The van der Waals surface area contributed by atoms with E-state index in [1.54, 1.807) is 17.0 Å². The molecule has 0 aliphatic rings. The van der Waals surface area contributed by atoms with Gasteiger partial charge < -0.3 is 25.2 Å². The number of benzene rings is 2. The van der Waals surface area contributed by atoms with Crippen LogP contribution in [-0.4, -0.2) is 62.5 Å². The van der Waals surface area contributed by atoms with Crippen LogP contribution in [0.3, 0.4) is 0 Å². The quantitative estimate of drug-likeness (QED) is 0.432. The lowest BCUT2D eigenvalue weighted by Crippen LogP contribution is -2.38. The van der Waals surface area contributed by atoms with Crippen molar-refractivity contribution in [2.24, 2.45) is 4.99 Å². The van der Waals surface area contributed by atoms with Crippen molar-refractivity contribution in [1.82, 2.24) is 15.1 Å². The number of hydrogen-bond donors (Lipinski definition) is 2. The van der Waals surface area contributed by atoms with Crippen LogP contribution in [0.2, 0.25) is 0 Å².